The van der Waals surface area contributed by atoms with Crippen LogP contribution in [0.1, 0.15) is 48.9 Å². The minimum Gasteiger partial charge on any atom is -0.481 e. The number of benzene rings is 4. The Kier molecular flexibility index (Phi) is 11.0. The predicted molar refractivity (Wildman–Crippen MR) is 184 cm³/mol. The van der Waals surface area contributed by atoms with Crippen molar-refractivity contribution in [1.82, 2.24) is 15.2 Å². The zero-order valence-corrected chi connectivity index (χ0v) is 26.7. The highest BCUT2D eigenvalue weighted by Gasteiger charge is 2.31. The number of carboxylic acids is 1. The van der Waals surface area contributed by atoms with Crippen molar-refractivity contribution in [2.24, 2.45) is 5.92 Å². The van der Waals surface area contributed by atoms with Gasteiger partial charge in [0.1, 0.15) is 0 Å². The van der Waals surface area contributed by atoms with Crippen LogP contribution in [0.15, 0.2) is 109 Å². The molecule has 5 rings (SSSR count). The first-order valence-corrected chi connectivity index (χ1v) is 16.0. The van der Waals surface area contributed by atoms with Gasteiger partial charge in [-0.2, -0.15) is 0 Å². The number of amides is 3. The number of hydrogen-bond donors (Lipinski definition) is 3. The molecule has 5 aromatic rings. The summed E-state index contributed by atoms with van der Waals surface area (Å²) in [5.41, 5.74) is 5.72. The smallest absolute Gasteiger partial charge is 0.324 e. The van der Waals surface area contributed by atoms with Crippen LogP contribution in [-0.4, -0.2) is 44.4 Å². The minimum atomic E-state index is -1.10. The maximum absolute atomic E-state index is 13.7. The fraction of sp³-hybridized carbons (Fsp3) is 0.237. The Morgan fingerprint density at radius 2 is 1.54 bits per heavy atom. The molecule has 1 aromatic heterocycles. The summed E-state index contributed by atoms with van der Waals surface area (Å²) in [6.07, 6.45) is 3.51. The molecule has 0 aliphatic rings. The quantitative estimate of drug-likeness (QED) is 0.0833. The molecule has 3 N–H and O–H groups in total. The van der Waals surface area contributed by atoms with Gasteiger partial charge in [-0.25, -0.2) is 4.79 Å². The fourth-order valence-corrected chi connectivity index (χ4v) is 6.02. The van der Waals surface area contributed by atoms with Crippen molar-refractivity contribution in [3.8, 4) is 11.1 Å². The third-order valence-electron chi connectivity index (χ3n) is 8.58. The van der Waals surface area contributed by atoms with Crippen LogP contribution in [0.25, 0.3) is 22.0 Å². The molecule has 1 heterocycles. The second-order valence-corrected chi connectivity index (χ2v) is 11.7. The van der Waals surface area contributed by atoms with Gasteiger partial charge in [0.15, 0.2) is 0 Å². The number of H-pyrrole nitrogens is 1. The van der Waals surface area contributed by atoms with E-state index in [1.165, 1.54) is 12.1 Å². The summed E-state index contributed by atoms with van der Waals surface area (Å²) < 4.78 is 0. The average Bonchev–Trinajstić information content (AvgIpc) is 3.51. The first-order valence-electron chi connectivity index (χ1n) is 16.0. The summed E-state index contributed by atoms with van der Waals surface area (Å²) in [4.78, 5) is 54.1. The Morgan fingerprint density at radius 3 is 2.19 bits per heavy atom. The lowest BCUT2D eigenvalue weighted by molar-refractivity contribution is -0.384. The number of aromatic amines is 1. The number of aryl methyl sites for hydroxylation is 1. The van der Waals surface area contributed by atoms with Gasteiger partial charge in [0.25, 0.3) is 5.69 Å². The molecule has 0 aliphatic carbocycles. The van der Waals surface area contributed by atoms with Crippen LogP contribution in [0.5, 0.6) is 0 Å². The first kappa shape index (κ1) is 33.6. The Bertz CT molecular complexity index is 1870. The van der Waals surface area contributed by atoms with E-state index in [9.17, 15) is 29.6 Å². The first-order chi connectivity index (χ1) is 23.2. The van der Waals surface area contributed by atoms with Gasteiger partial charge in [0.2, 0.25) is 5.91 Å². The third-order valence-corrected chi connectivity index (χ3v) is 8.58. The van der Waals surface area contributed by atoms with Gasteiger partial charge in [-0.1, -0.05) is 72.8 Å². The molecule has 3 amide bonds. The highest BCUT2D eigenvalue weighted by molar-refractivity contribution is 5.97. The Morgan fingerprint density at radius 1 is 0.896 bits per heavy atom. The molecule has 10 heteroatoms. The molecule has 48 heavy (non-hydrogen) atoms. The van der Waals surface area contributed by atoms with E-state index in [1.54, 1.807) is 19.1 Å². The normalized spacial score (nSPS) is 12.3. The van der Waals surface area contributed by atoms with Crippen molar-refractivity contribution < 1.29 is 24.4 Å². The number of nitro groups is 1. The third kappa shape index (κ3) is 8.33. The standard InChI is InChI=1S/C38H38N4O6/c1-2-41(38(46)40-35(29-10-4-3-5-11-29)23-31-25-39-34-14-7-6-13-33(31)34)37(45)30(24-36(43)44)12-8-9-26-15-17-27(18-16-26)28-19-21-32(22-20-28)42(47)48/h3-7,10-11,13-22,25,30,35,39H,2,8-9,12,23-24H2,1H3,(H,40,46)(H,43,44). The Hall–Kier alpha value is -5.77. The van der Waals surface area contributed by atoms with Crippen LogP contribution in [0.3, 0.4) is 0 Å². The number of nitrogens with one attached hydrogen (secondary N) is 2. The number of hydrogen-bond acceptors (Lipinski definition) is 5. The summed E-state index contributed by atoms with van der Waals surface area (Å²) in [6.45, 7) is 1.80. The van der Waals surface area contributed by atoms with Gasteiger partial charge in [-0.3, -0.25) is 24.6 Å². The SMILES string of the molecule is CCN(C(=O)NC(Cc1c[nH]c2ccccc12)c1ccccc1)C(=O)C(CCCc1ccc(-c2ccc([N+](=O)[O-])cc2)cc1)CC(=O)O. The molecule has 0 saturated heterocycles. The monoisotopic (exact) mass is 646 g/mol. The van der Waals surface area contributed by atoms with Gasteiger partial charge in [-0.05, 0) is 78.6 Å². The molecular weight excluding hydrogens is 608 g/mol. The minimum absolute atomic E-state index is 0.0291. The maximum Gasteiger partial charge on any atom is 0.324 e. The second-order valence-electron chi connectivity index (χ2n) is 11.7. The van der Waals surface area contributed by atoms with Crippen LogP contribution >= 0.6 is 0 Å². The van der Waals surface area contributed by atoms with Crippen molar-refractivity contribution in [3.05, 3.63) is 136 Å². The molecule has 4 aromatic carbocycles. The lowest BCUT2D eigenvalue weighted by atomic mass is 9.94. The number of carbonyl (C=O) groups excluding carboxylic acids is 2. The molecule has 246 valence electrons. The molecule has 0 spiro atoms. The molecule has 0 radical (unpaired) electrons. The zero-order valence-electron chi connectivity index (χ0n) is 26.7. The summed E-state index contributed by atoms with van der Waals surface area (Å²) >= 11 is 0. The summed E-state index contributed by atoms with van der Waals surface area (Å²) in [5, 5.41) is 24.7. The predicted octanol–water partition coefficient (Wildman–Crippen LogP) is 7.70. The molecule has 0 fully saturated rings. The number of nitrogens with zero attached hydrogens (tertiary/aromatic N) is 2. The van der Waals surface area contributed by atoms with Gasteiger partial charge >= 0.3 is 12.0 Å². The van der Waals surface area contributed by atoms with Crippen LogP contribution in [0, 0.1) is 16.0 Å². The molecule has 0 aliphatic heterocycles. The zero-order chi connectivity index (χ0) is 34.0. The number of non-ortho nitro benzene ring substituents is 1. The van der Waals surface area contributed by atoms with Crippen LogP contribution in [0.2, 0.25) is 0 Å². The average molecular weight is 647 g/mol. The van der Waals surface area contributed by atoms with Crippen molar-refractivity contribution in [1.29, 1.82) is 0 Å². The fourth-order valence-electron chi connectivity index (χ4n) is 6.02. The van der Waals surface area contributed by atoms with Crippen molar-refractivity contribution in [3.63, 3.8) is 0 Å². The molecule has 10 nitrogen and oxygen atoms in total. The van der Waals surface area contributed by atoms with Crippen LogP contribution < -0.4 is 5.32 Å². The van der Waals surface area contributed by atoms with E-state index >= 15 is 0 Å². The number of aliphatic carboxylic acids is 1. The molecule has 0 saturated carbocycles. The van der Waals surface area contributed by atoms with Crippen molar-refractivity contribution >= 4 is 34.5 Å². The number of rotatable bonds is 14. The largest absolute Gasteiger partial charge is 0.481 e. The van der Waals surface area contributed by atoms with E-state index in [4.69, 9.17) is 0 Å². The number of carboxylic acid groups (broad SMARTS) is 1. The number of imide groups is 1. The van der Waals surface area contributed by atoms with Crippen LogP contribution in [-0.2, 0) is 22.4 Å². The van der Waals surface area contributed by atoms with E-state index in [1.807, 2.05) is 85.1 Å². The van der Waals surface area contributed by atoms with E-state index in [2.05, 4.69) is 10.3 Å². The van der Waals surface area contributed by atoms with Gasteiger partial charge in [-0.15, -0.1) is 0 Å². The molecule has 0 bridgehead atoms. The highest BCUT2D eigenvalue weighted by Crippen LogP contribution is 2.27. The Balaban J connectivity index is 1.24. The second kappa shape index (κ2) is 15.7. The maximum atomic E-state index is 13.7. The van der Waals surface area contributed by atoms with E-state index in [-0.39, 0.29) is 18.7 Å². The number of carbonyl (C=O) groups is 3. The lowest BCUT2D eigenvalue weighted by Crippen LogP contribution is -2.48. The van der Waals surface area contributed by atoms with Crippen molar-refractivity contribution in [2.75, 3.05) is 6.54 Å². The van der Waals surface area contributed by atoms with Crippen molar-refractivity contribution in [2.45, 2.75) is 45.1 Å². The number of urea groups is 1. The number of fused-ring (bicyclic) bond motifs is 1. The van der Waals surface area contributed by atoms with E-state index < -0.39 is 34.8 Å². The summed E-state index contributed by atoms with van der Waals surface area (Å²) in [7, 11) is 0. The highest BCUT2D eigenvalue weighted by atomic mass is 16.6. The number of nitro benzene ring substituents is 1. The summed E-state index contributed by atoms with van der Waals surface area (Å²) in [5.74, 6) is -2.47. The number of aromatic nitrogens is 1. The lowest BCUT2D eigenvalue weighted by Gasteiger charge is -2.27. The Labute approximate surface area is 278 Å². The molecular formula is C38H38N4O6. The summed E-state index contributed by atoms with van der Waals surface area (Å²) in [6, 6.07) is 30.6. The van der Waals surface area contributed by atoms with Gasteiger partial charge in [0, 0.05) is 41.7 Å². The van der Waals surface area contributed by atoms with E-state index in [0.29, 0.717) is 25.7 Å². The number of para-hydroxylation sites is 1. The topological polar surface area (TPSA) is 146 Å². The molecule has 2 unspecified atom stereocenters. The van der Waals surface area contributed by atoms with E-state index in [0.717, 1.165) is 43.6 Å². The molecule has 2 atom stereocenters. The van der Waals surface area contributed by atoms with Gasteiger partial charge < -0.3 is 15.4 Å². The van der Waals surface area contributed by atoms with Gasteiger partial charge in [0.05, 0.1) is 17.4 Å². The van der Waals surface area contributed by atoms with Crippen LogP contribution in [0.4, 0.5) is 10.5 Å².